The molecule has 1 fully saturated rings. The van der Waals surface area contributed by atoms with Crippen LogP contribution in [0, 0.1) is 6.92 Å². The van der Waals surface area contributed by atoms with Gasteiger partial charge in [-0.05, 0) is 36.4 Å². The molecule has 3 aromatic rings. The lowest BCUT2D eigenvalue weighted by atomic mass is 10.1. The van der Waals surface area contributed by atoms with E-state index in [1.165, 1.54) is 28.6 Å². The van der Waals surface area contributed by atoms with Crippen LogP contribution in [0.15, 0.2) is 57.9 Å². The largest absolute Gasteiger partial charge is 0.379 e. The molecule has 2 aromatic carbocycles. The highest BCUT2D eigenvalue weighted by molar-refractivity contribution is 7.89. The summed E-state index contributed by atoms with van der Waals surface area (Å²) in [6, 6.07) is 13.0. The summed E-state index contributed by atoms with van der Waals surface area (Å²) in [4.78, 5) is 17.1. The van der Waals surface area contributed by atoms with E-state index in [4.69, 9.17) is 9.26 Å². The van der Waals surface area contributed by atoms with E-state index < -0.39 is 10.0 Å². The van der Waals surface area contributed by atoms with Crippen LogP contribution in [0.3, 0.4) is 0 Å². The van der Waals surface area contributed by atoms with Gasteiger partial charge in [-0.25, -0.2) is 8.42 Å². The Labute approximate surface area is 173 Å². The van der Waals surface area contributed by atoms with E-state index in [1.807, 2.05) is 6.07 Å². The molecule has 9 nitrogen and oxygen atoms in total. The highest BCUT2D eigenvalue weighted by atomic mass is 32.2. The molecule has 1 aliphatic heterocycles. The number of aromatic nitrogens is 2. The number of morpholine rings is 1. The third-order valence-electron chi connectivity index (χ3n) is 4.67. The molecule has 156 valence electrons. The second-order valence-electron chi connectivity index (χ2n) is 6.68. The predicted octanol–water partition coefficient (Wildman–Crippen LogP) is 2.32. The number of benzene rings is 2. The van der Waals surface area contributed by atoms with Gasteiger partial charge in [0.05, 0.1) is 23.8 Å². The first-order valence-corrected chi connectivity index (χ1v) is 10.8. The number of rotatable bonds is 5. The van der Waals surface area contributed by atoms with E-state index in [1.54, 1.807) is 25.1 Å². The van der Waals surface area contributed by atoms with Crippen LogP contribution in [0.2, 0.25) is 0 Å². The number of carbonyl (C=O) groups excluding carboxylic acids is 1. The average Bonchev–Trinajstić information content (AvgIpc) is 3.21. The molecule has 0 aliphatic carbocycles. The van der Waals surface area contributed by atoms with Gasteiger partial charge in [-0.2, -0.15) is 9.29 Å². The predicted molar refractivity (Wildman–Crippen MR) is 108 cm³/mol. The maximum absolute atomic E-state index is 12.7. The summed E-state index contributed by atoms with van der Waals surface area (Å²) in [6.45, 7) is 3.07. The fourth-order valence-corrected chi connectivity index (χ4v) is 4.51. The van der Waals surface area contributed by atoms with Gasteiger partial charge < -0.3 is 14.6 Å². The van der Waals surface area contributed by atoms with Crippen molar-refractivity contribution in [2.45, 2.75) is 11.8 Å². The number of nitrogens with one attached hydrogen (secondary N) is 1. The Hall–Kier alpha value is -3.08. The molecule has 0 spiro atoms. The standard InChI is InChI=1S/C20H20N4O5S/c1-14-21-19(23-29-14)17-4-2-3-5-18(17)22-20(25)15-6-8-16(9-7-15)30(26,27)24-10-12-28-13-11-24/h2-9H,10-13H2,1H3,(H,22,25). The first-order chi connectivity index (χ1) is 14.4. The summed E-state index contributed by atoms with van der Waals surface area (Å²) in [5.74, 6) is 0.413. The Bertz CT molecular complexity index is 1150. The molecule has 0 radical (unpaired) electrons. The van der Waals surface area contributed by atoms with E-state index in [2.05, 4.69) is 15.5 Å². The maximum Gasteiger partial charge on any atom is 0.255 e. The highest BCUT2D eigenvalue weighted by Gasteiger charge is 2.26. The van der Waals surface area contributed by atoms with Crippen molar-refractivity contribution >= 4 is 21.6 Å². The monoisotopic (exact) mass is 428 g/mol. The highest BCUT2D eigenvalue weighted by Crippen LogP contribution is 2.26. The topological polar surface area (TPSA) is 115 Å². The minimum atomic E-state index is -3.61. The zero-order chi connectivity index (χ0) is 21.1. The number of para-hydroxylation sites is 1. The van der Waals surface area contributed by atoms with Crippen LogP contribution in [-0.4, -0.2) is 55.1 Å². The van der Waals surface area contributed by atoms with Gasteiger partial charge in [0.1, 0.15) is 0 Å². The molecule has 1 saturated heterocycles. The Balaban J connectivity index is 1.53. The van der Waals surface area contributed by atoms with Gasteiger partial charge in [-0.3, -0.25) is 4.79 Å². The van der Waals surface area contributed by atoms with Crippen molar-refractivity contribution < 1.29 is 22.5 Å². The molecule has 2 heterocycles. The number of aryl methyl sites for hydroxylation is 1. The van der Waals surface area contributed by atoms with Crippen molar-refractivity contribution in [2.24, 2.45) is 0 Å². The van der Waals surface area contributed by atoms with Crippen LogP contribution in [0.5, 0.6) is 0 Å². The third-order valence-corrected chi connectivity index (χ3v) is 6.58. The molecule has 0 bridgehead atoms. The van der Waals surface area contributed by atoms with Gasteiger partial charge in [0.2, 0.25) is 21.7 Å². The van der Waals surface area contributed by atoms with Crippen LogP contribution in [0.4, 0.5) is 5.69 Å². The van der Waals surface area contributed by atoms with Crippen LogP contribution >= 0.6 is 0 Å². The Morgan fingerprint density at radius 1 is 1.07 bits per heavy atom. The van der Waals surface area contributed by atoms with E-state index >= 15 is 0 Å². The van der Waals surface area contributed by atoms with Gasteiger partial charge >= 0.3 is 0 Å². The van der Waals surface area contributed by atoms with Crippen LogP contribution < -0.4 is 5.32 Å². The quantitative estimate of drug-likeness (QED) is 0.663. The summed E-state index contributed by atoms with van der Waals surface area (Å²) in [5, 5.41) is 6.71. The zero-order valence-corrected chi connectivity index (χ0v) is 17.1. The number of nitrogens with zero attached hydrogens (tertiary/aromatic N) is 3. The molecular formula is C20H20N4O5S. The third kappa shape index (κ3) is 4.11. The summed E-state index contributed by atoms with van der Waals surface area (Å²) < 4.78 is 37.0. The van der Waals surface area contributed by atoms with E-state index in [-0.39, 0.29) is 10.8 Å². The summed E-state index contributed by atoms with van der Waals surface area (Å²) in [6.07, 6.45) is 0. The van der Waals surface area contributed by atoms with Gasteiger partial charge in [0.15, 0.2) is 0 Å². The van der Waals surface area contributed by atoms with Crippen molar-refractivity contribution in [2.75, 3.05) is 31.6 Å². The van der Waals surface area contributed by atoms with Gasteiger partial charge in [0, 0.05) is 31.1 Å². The first-order valence-electron chi connectivity index (χ1n) is 9.34. The Morgan fingerprint density at radius 3 is 2.43 bits per heavy atom. The zero-order valence-electron chi connectivity index (χ0n) is 16.2. The number of ether oxygens (including phenoxy) is 1. The minimum Gasteiger partial charge on any atom is -0.379 e. The van der Waals surface area contributed by atoms with Gasteiger partial charge in [-0.15, -0.1) is 0 Å². The Morgan fingerprint density at radius 2 is 1.77 bits per heavy atom. The number of amides is 1. The summed E-state index contributed by atoms with van der Waals surface area (Å²) in [5.41, 5.74) is 1.47. The lowest BCUT2D eigenvalue weighted by Gasteiger charge is -2.26. The molecule has 1 aliphatic rings. The number of anilines is 1. The first kappa shape index (κ1) is 20.2. The Kier molecular flexibility index (Phi) is 5.62. The van der Waals surface area contributed by atoms with Gasteiger partial charge in [0.25, 0.3) is 5.91 Å². The summed E-state index contributed by atoms with van der Waals surface area (Å²) in [7, 11) is -3.61. The van der Waals surface area contributed by atoms with Crippen molar-refractivity contribution in [1.82, 2.24) is 14.4 Å². The van der Waals surface area contributed by atoms with Crippen LogP contribution in [-0.2, 0) is 14.8 Å². The second-order valence-corrected chi connectivity index (χ2v) is 8.62. The van der Waals surface area contributed by atoms with Crippen molar-refractivity contribution in [3.63, 3.8) is 0 Å². The van der Waals surface area contributed by atoms with Crippen molar-refractivity contribution in [3.05, 3.63) is 60.0 Å². The normalized spacial score (nSPS) is 15.1. The SMILES string of the molecule is Cc1nc(-c2ccccc2NC(=O)c2ccc(S(=O)(=O)N3CCOCC3)cc2)no1. The molecule has 1 aromatic heterocycles. The molecule has 1 N–H and O–H groups in total. The molecule has 30 heavy (non-hydrogen) atoms. The van der Waals surface area contributed by atoms with E-state index in [9.17, 15) is 13.2 Å². The lowest BCUT2D eigenvalue weighted by Crippen LogP contribution is -2.40. The minimum absolute atomic E-state index is 0.142. The second kappa shape index (κ2) is 8.34. The molecule has 1 amide bonds. The molecule has 0 atom stereocenters. The number of hydrogen-bond acceptors (Lipinski definition) is 7. The molecule has 4 rings (SSSR count). The number of hydrogen-bond donors (Lipinski definition) is 1. The van der Waals surface area contributed by atoms with E-state index in [0.29, 0.717) is 54.8 Å². The molecule has 10 heteroatoms. The van der Waals surface area contributed by atoms with Gasteiger partial charge in [-0.1, -0.05) is 17.3 Å². The van der Waals surface area contributed by atoms with Crippen molar-refractivity contribution in [1.29, 1.82) is 0 Å². The fraction of sp³-hybridized carbons (Fsp3) is 0.250. The molecular weight excluding hydrogens is 408 g/mol. The fourth-order valence-electron chi connectivity index (χ4n) is 3.10. The van der Waals surface area contributed by atoms with Crippen LogP contribution in [0.1, 0.15) is 16.2 Å². The smallest absolute Gasteiger partial charge is 0.255 e. The summed E-state index contributed by atoms with van der Waals surface area (Å²) >= 11 is 0. The molecule has 0 unspecified atom stereocenters. The number of carbonyl (C=O) groups is 1. The molecule has 0 saturated carbocycles. The number of sulfonamides is 1. The maximum atomic E-state index is 12.7. The van der Waals surface area contributed by atoms with E-state index in [0.717, 1.165) is 0 Å². The van der Waals surface area contributed by atoms with Crippen molar-refractivity contribution in [3.8, 4) is 11.4 Å². The van der Waals surface area contributed by atoms with Crippen LogP contribution in [0.25, 0.3) is 11.4 Å². The lowest BCUT2D eigenvalue weighted by molar-refractivity contribution is 0.0730. The average molecular weight is 428 g/mol.